The second-order valence-corrected chi connectivity index (χ2v) is 6.84. The number of rotatable bonds is 6. The van der Waals surface area contributed by atoms with Crippen molar-refractivity contribution in [2.75, 3.05) is 5.32 Å². The molecule has 0 spiro atoms. The van der Waals surface area contributed by atoms with Gasteiger partial charge in [0.25, 0.3) is 0 Å². The van der Waals surface area contributed by atoms with Gasteiger partial charge in [0.15, 0.2) is 0 Å². The van der Waals surface area contributed by atoms with Gasteiger partial charge in [-0.1, -0.05) is 76.6 Å². The molecule has 0 aliphatic heterocycles. The summed E-state index contributed by atoms with van der Waals surface area (Å²) in [5.74, 6) is 0. The molecular weight excluding hydrogens is 372 g/mol. The molecule has 0 heterocycles. The number of halogens is 1. The van der Waals surface area contributed by atoms with E-state index in [0.717, 1.165) is 21.3 Å². The SMILES string of the molecule is N#CCCC(Nc1ccc(Br)cc1)(c1ccccc1)c1ccccc1. The Bertz CT molecular complexity index is 797. The van der Waals surface area contributed by atoms with Crippen molar-refractivity contribution in [3.05, 3.63) is 101 Å². The second-order valence-electron chi connectivity index (χ2n) is 5.93. The minimum atomic E-state index is -0.452. The number of nitrogens with zero attached hydrogens (tertiary/aromatic N) is 1. The van der Waals surface area contributed by atoms with E-state index in [0.29, 0.717) is 12.8 Å². The van der Waals surface area contributed by atoms with E-state index in [-0.39, 0.29) is 0 Å². The second kappa shape index (κ2) is 8.00. The van der Waals surface area contributed by atoms with E-state index in [9.17, 15) is 5.26 Å². The number of hydrogen-bond donors (Lipinski definition) is 1. The van der Waals surface area contributed by atoms with E-state index in [1.165, 1.54) is 0 Å². The predicted octanol–water partition coefficient (Wildman–Crippen LogP) is 6.11. The van der Waals surface area contributed by atoms with Crippen LogP contribution in [-0.4, -0.2) is 0 Å². The number of hydrogen-bond acceptors (Lipinski definition) is 2. The number of nitriles is 1. The third-order valence-electron chi connectivity index (χ3n) is 4.35. The average molecular weight is 391 g/mol. The molecule has 0 atom stereocenters. The highest BCUT2D eigenvalue weighted by atomic mass is 79.9. The maximum Gasteiger partial charge on any atom is 0.0889 e. The Morgan fingerprint density at radius 1 is 0.800 bits per heavy atom. The standard InChI is InChI=1S/C22H19BrN2/c23-20-12-14-21(15-13-20)25-22(16-7-17-24,18-8-3-1-4-9-18)19-10-5-2-6-11-19/h1-6,8-15,25H,7,16H2. The molecule has 0 saturated carbocycles. The van der Waals surface area contributed by atoms with Crippen LogP contribution in [-0.2, 0) is 5.54 Å². The van der Waals surface area contributed by atoms with Gasteiger partial charge in [0, 0.05) is 16.6 Å². The van der Waals surface area contributed by atoms with Gasteiger partial charge in [-0.25, -0.2) is 0 Å². The number of benzene rings is 3. The van der Waals surface area contributed by atoms with Gasteiger partial charge in [0.05, 0.1) is 11.6 Å². The molecule has 25 heavy (non-hydrogen) atoms. The van der Waals surface area contributed by atoms with Crippen LogP contribution in [0.3, 0.4) is 0 Å². The zero-order chi connectivity index (χ0) is 17.5. The minimum absolute atomic E-state index is 0.452. The van der Waals surface area contributed by atoms with Crippen molar-refractivity contribution in [2.24, 2.45) is 0 Å². The molecule has 0 aromatic heterocycles. The first-order chi connectivity index (χ1) is 12.2. The van der Waals surface area contributed by atoms with Crippen LogP contribution in [0.2, 0.25) is 0 Å². The van der Waals surface area contributed by atoms with Crippen molar-refractivity contribution in [1.29, 1.82) is 5.26 Å². The van der Waals surface area contributed by atoms with E-state index >= 15 is 0 Å². The molecule has 0 aliphatic carbocycles. The minimum Gasteiger partial charge on any atom is -0.372 e. The molecule has 0 saturated heterocycles. The van der Waals surface area contributed by atoms with Gasteiger partial charge in [0.1, 0.15) is 0 Å². The molecule has 0 radical (unpaired) electrons. The molecular formula is C22H19BrN2. The molecule has 3 aromatic rings. The highest BCUT2D eigenvalue weighted by molar-refractivity contribution is 9.10. The molecule has 0 aliphatic rings. The largest absolute Gasteiger partial charge is 0.372 e. The topological polar surface area (TPSA) is 35.8 Å². The monoisotopic (exact) mass is 390 g/mol. The summed E-state index contributed by atoms with van der Waals surface area (Å²) in [6.45, 7) is 0. The molecule has 3 rings (SSSR count). The van der Waals surface area contributed by atoms with Crippen LogP contribution in [0.15, 0.2) is 89.4 Å². The fourth-order valence-corrected chi connectivity index (χ4v) is 3.39. The van der Waals surface area contributed by atoms with Crippen LogP contribution in [0.4, 0.5) is 5.69 Å². The van der Waals surface area contributed by atoms with Gasteiger partial charge < -0.3 is 5.32 Å². The quantitative estimate of drug-likeness (QED) is 0.550. The predicted molar refractivity (Wildman–Crippen MR) is 106 cm³/mol. The molecule has 0 amide bonds. The molecule has 3 heteroatoms. The van der Waals surface area contributed by atoms with Gasteiger partial charge in [-0.2, -0.15) is 5.26 Å². The lowest BCUT2D eigenvalue weighted by molar-refractivity contribution is 0.544. The van der Waals surface area contributed by atoms with E-state index in [2.05, 4.69) is 63.7 Å². The van der Waals surface area contributed by atoms with E-state index in [1.807, 2.05) is 48.5 Å². The smallest absolute Gasteiger partial charge is 0.0889 e. The lowest BCUT2D eigenvalue weighted by Gasteiger charge is -2.37. The summed E-state index contributed by atoms with van der Waals surface area (Å²) < 4.78 is 1.04. The molecule has 2 nitrogen and oxygen atoms in total. The molecule has 0 unspecified atom stereocenters. The molecule has 3 aromatic carbocycles. The zero-order valence-electron chi connectivity index (χ0n) is 13.8. The van der Waals surface area contributed by atoms with Gasteiger partial charge >= 0.3 is 0 Å². The van der Waals surface area contributed by atoms with Crippen molar-refractivity contribution >= 4 is 21.6 Å². The first-order valence-corrected chi connectivity index (χ1v) is 9.06. The first kappa shape index (κ1) is 17.3. The molecule has 0 bridgehead atoms. The highest BCUT2D eigenvalue weighted by Gasteiger charge is 2.33. The summed E-state index contributed by atoms with van der Waals surface area (Å²) in [6.07, 6.45) is 1.15. The van der Waals surface area contributed by atoms with Crippen LogP contribution < -0.4 is 5.32 Å². The Morgan fingerprint density at radius 3 is 1.80 bits per heavy atom. The van der Waals surface area contributed by atoms with E-state index in [4.69, 9.17) is 0 Å². The molecule has 1 N–H and O–H groups in total. The molecule has 0 fully saturated rings. The molecule has 124 valence electrons. The van der Waals surface area contributed by atoms with Crippen LogP contribution >= 0.6 is 15.9 Å². The summed E-state index contributed by atoms with van der Waals surface area (Å²) >= 11 is 3.49. The van der Waals surface area contributed by atoms with Crippen molar-refractivity contribution in [1.82, 2.24) is 0 Å². The van der Waals surface area contributed by atoms with Gasteiger partial charge in [-0.05, 0) is 41.8 Å². The van der Waals surface area contributed by atoms with Crippen molar-refractivity contribution in [3.8, 4) is 6.07 Å². The third-order valence-corrected chi connectivity index (χ3v) is 4.88. The normalized spacial score (nSPS) is 10.9. The first-order valence-electron chi connectivity index (χ1n) is 8.26. The van der Waals surface area contributed by atoms with Crippen LogP contribution in [0.5, 0.6) is 0 Å². The summed E-state index contributed by atoms with van der Waals surface area (Å²) in [7, 11) is 0. The van der Waals surface area contributed by atoms with Gasteiger partial charge in [-0.15, -0.1) is 0 Å². The van der Waals surface area contributed by atoms with Crippen LogP contribution in [0.25, 0.3) is 0 Å². The summed E-state index contributed by atoms with van der Waals surface area (Å²) in [5, 5.41) is 13.0. The summed E-state index contributed by atoms with van der Waals surface area (Å²) in [6, 6.07) is 31.2. The maximum absolute atomic E-state index is 9.24. The van der Waals surface area contributed by atoms with Crippen LogP contribution in [0, 0.1) is 11.3 Å². The number of anilines is 1. The summed E-state index contributed by atoms with van der Waals surface area (Å²) in [4.78, 5) is 0. The Balaban J connectivity index is 2.13. The summed E-state index contributed by atoms with van der Waals surface area (Å²) in [5.41, 5.74) is 2.87. The fourth-order valence-electron chi connectivity index (χ4n) is 3.13. The average Bonchev–Trinajstić information content (AvgIpc) is 2.68. The number of nitrogens with one attached hydrogen (secondary N) is 1. The highest BCUT2D eigenvalue weighted by Crippen LogP contribution is 2.38. The van der Waals surface area contributed by atoms with Crippen molar-refractivity contribution in [2.45, 2.75) is 18.4 Å². The third kappa shape index (κ3) is 3.92. The Morgan fingerprint density at radius 2 is 1.32 bits per heavy atom. The zero-order valence-corrected chi connectivity index (χ0v) is 15.4. The Labute approximate surface area is 157 Å². The van der Waals surface area contributed by atoms with E-state index in [1.54, 1.807) is 0 Å². The Hall–Kier alpha value is -2.57. The van der Waals surface area contributed by atoms with Crippen LogP contribution in [0.1, 0.15) is 24.0 Å². The Kier molecular flexibility index (Phi) is 5.53. The van der Waals surface area contributed by atoms with Gasteiger partial charge in [0.2, 0.25) is 0 Å². The fraction of sp³-hybridized carbons (Fsp3) is 0.136. The lowest BCUT2D eigenvalue weighted by atomic mass is 9.79. The van der Waals surface area contributed by atoms with E-state index < -0.39 is 5.54 Å². The maximum atomic E-state index is 9.24. The van der Waals surface area contributed by atoms with Crippen molar-refractivity contribution < 1.29 is 0 Å². The van der Waals surface area contributed by atoms with Gasteiger partial charge in [-0.3, -0.25) is 0 Å². The lowest BCUT2D eigenvalue weighted by Crippen LogP contribution is -2.36. The van der Waals surface area contributed by atoms with Crippen molar-refractivity contribution in [3.63, 3.8) is 0 Å².